The van der Waals surface area contributed by atoms with Crippen LogP contribution in [0.3, 0.4) is 0 Å². The number of aromatic nitrogens is 4. The molecule has 2 aliphatic rings. The van der Waals surface area contributed by atoms with E-state index in [1.54, 1.807) is 4.68 Å². The van der Waals surface area contributed by atoms with Crippen LogP contribution in [-0.2, 0) is 24.2 Å². The van der Waals surface area contributed by atoms with Crippen LogP contribution in [0.2, 0.25) is 0 Å². The summed E-state index contributed by atoms with van der Waals surface area (Å²) in [7, 11) is 0. The first-order chi connectivity index (χ1) is 15.5. The van der Waals surface area contributed by atoms with Gasteiger partial charge in [-0.2, -0.15) is 5.10 Å². The van der Waals surface area contributed by atoms with Crippen LogP contribution < -0.4 is 10.5 Å². The van der Waals surface area contributed by atoms with Gasteiger partial charge in [-0.05, 0) is 51.3 Å². The summed E-state index contributed by atoms with van der Waals surface area (Å²) in [5.74, 6) is 0.389. The van der Waals surface area contributed by atoms with E-state index in [0.29, 0.717) is 19.0 Å². The van der Waals surface area contributed by atoms with Crippen LogP contribution >= 0.6 is 0 Å². The van der Waals surface area contributed by atoms with Gasteiger partial charge in [-0.3, -0.25) is 14.2 Å². The smallest absolute Gasteiger partial charge is 0.258 e. The molecule has 8 nitrogen and oxygen atoms in total. The predicted molar refractivity (Wildman–Crippen MR) is 122 cm³/mol. The van der Waals surface area contributed by atoms with Crippen LogP contribution in [0, 0.1) is 13.8 Å². The molecule has 0 N–H and O–H groups in total. The van der Waals surface area contributed by atoms with E-state index >= 15 is 0 Å². The molecule has 0 bridgehead atoms. The van der Waals surface area contributed by atoms with Crippen molar-refractivity contribution in [1.82, 2.24) is 24.2 Å². The van der Waals surface area contributed by atoms with Gasteiger partial charge in [0.05, 0.1) is 11.4 Å². The maximum Gasteiger partial charge on any atom is 0.258 e. The monoisotopic (exact) mass is 432 g/mol. The number of anilines is 1. The molecule has 1 saturated heterocycles. The molecular weight excluding hydrogens is 404 g/mol. The fourth-order valence-electron chi connectivity index (χ4n) is 4.74. The molecule has 2 aromatic heterocycles. The summed E-state index contributed by atoms with van der Waals surface area (Å²) in [5, 5.41) is 4.53. The summed E-state index contributed by atoms with van der Waals surface area (Å²) < 4.78 is 3.21. The van der Waals surface area contributed by atoms with Gasteiger partial charge in [0.2, 0.25) is 11.9 Å². The number of amides is 1. The van der Waals surface area contributed by atoms with Crippen molar-refractivity contribution in [3.63, 3.8) is 0 Å². The molecule has 0 saturated carbocycles. The summed E-state index contributed by atoms with van der Waals surface area (Å²) in [6.07, 6.45) is 2.45. The van der Waals surface area contributed by atoms with Crippen molar-refractivity contribution in [2.24, 2.45) is 0 Å². The molecular formula is C24H28N6O2. The molecule has 1 aliphatic heterocycles. The Labute approximate surface area is 187 Å². The molecule has 1 aliphatic carbocycles. The highest BCUT2D eigenvalue weighted by Crippen LogP contribution is 2.20. The molecule has 1 aromatic carbocycles. The van der Waals surface area contributed by atoms with Gasteiger partial charge in [-0.15, -0.1) is 0 Å². The first-order valence-corrected chi connectivity index (χ1v) is 11.3. The maximum atomic E-state index is 13.3. The van der Waals surface area contributed by atoms with E-state index in [1.165, 1.54) is 10.3 Å². The van der Waals surface area contributed by atoms with Gasteiger partial charge >= 0.3 is 0 Å². The fraction of sp³-hybridized carbons (Fsp3) is 0.417. The zero-order valence-electron chi connectivity index (χ0n) is 18.6. The Morgan fingerprint density at radius 2 is 1.78 bits per heavy atom. The zero-order valence-corrected chi connectivity index (χ0v) is 18.6. The second-order valence-electron chi connectivity index (χ2n) is 8.62. The highest BCUT2D eigenvalue weighted by Gasteiger charge is 2.26. The SMILES string of the molecule is Cc1cc(C)n(-c2nc3c(c(=O)n2CC(=O)N2CCN(c4ccccc4)CC2)CCC3)n1. The molecule has 0 radical (unpaired) electrons. The minimum atomic E-state index is -0.105. The number of carbonyl (C=O) groups excluding carboxylic acids is 1. The van der Waals surface area contributed by atoms with Gasteiger partial charge in [0.1, 0.15) is 6.54 Å². The third-order valence-corrected chi connectivity index (χ3v) is 6.41. The summed E-state index contributed by atoms with van der Waals surface area (Å²) in [4.78, 5) is 35.5. The maximum absolute atomic E-state index is 13.3. The number of aryl methyl sites for hydroxylation is 3. The molecule has 166 valence electrons. The largest absolute Gasteiger partial charge is 0.368 e. The number of hydrogen-bond donors (Lipinski definition) is 0. The predicted octanol–water partition coefficient (Wildman–Crippen LogP) is 1.88. The van der Waals surface area contributed by atoms with Gasteiger partial charge in [-0.1, -0.05) is 18.2 Å². The molecule has 0 atom stereocenters. The van der Waals surface area contributed by atoms with E-state index in [4.69, 9.17) is 4.98 Å². The number of hydrogen-bond acceptors (Lipinski definition) is 5. The molecule has 3 heterocycles. The first kappa shape index (κ1) is 20.5. The Bertz CT molecular complexity index is 1210. The van der Waals surface area contributed by atoms with Crippen molar-refractivity contribution in [3.8, 4) is 5.95 Å². The van der Waals surface area contributed by atoms with Crippen molar-refractivity contribution in [3.05, 3.63) is 69.4 Å². The highest BCUT2D eigenvalue weighted by molar-refractivity contribution is 5.76. The first-order valence-electron chi connectivity index (χ1n) is 11.3. The molecule has 1 amide bonds. The number of carbonyl (C=O) groups is 1. The van der Waals surface area contributed by atoms with E-state index < -0.39 is 0 Å². The molecule has 3 aromatic rings. The normalized spacial score (nSPS) is 15.8. The number of rotatable bonds is 4. The lowest BCUT2D eigenvalue weighted by molar-refractivity contribution is -0.132. The van der Waals surface area contributed by atoms with Crippen LogP contribution in [-0.4, -0.2) is 56.3 Å². The third kappa shape index (κ3) is 3.70. The van der Waals surface area contributed by atoms with Gasteiger partial charge in [-0.25, -0.2) is 9.67 Å². The van der Waals surface area contributed by atoms with Gasteiger partial charge in [0.25, 0.3) is 5.56 Å². The van der Waals surface area contributed by atoms with Crippen LogP contribution in [0.1, 0.15) is 29.1 Å². The Balaban J connectivity index is 1.40. The van der Waals surface area contributed by atoms with Crippen molar-refractivity contribution in [2.75, 3.05) is 31.1 Å². The second-order valence-corrected chi connectivity index (χ2v) is 8.62. The third-order valence-electron chi connectivity index (χ3n) is 6.41. The quantitative estimate of drug-likeness (QED) is 0.629. The molecule has 8 heteroatoms. The van der Waals surface area contributed by atoms with E-state index in [0.717, 1.165) is 55.0 Å². The lowest BCUT2D eigenvalue weighted by Gasteiger charge is -2.36. The molecule has 1 fully saturated rings. The summed E-state index contributed by atoms with van der Waals surface area (Å²) in [5.41, 5.74) is 4.41. The van der Waals surface area contributed by atoms with Crippen molar-refractivity contribution < 1.29 is 4.79 Å². The summed E-state index contributed by atoms with van der Waals surface area (Å²) in [6.45, 7) is 6.66. The number of piperazine rings is 1. The second kappa shape index (κ2) is 8.26. The van der Waals surface area contributed by atoms with Crippen LogP contribution in [0.5, 0.6) is 0 Å². The Morgan fingerprint density at radius 3 is 2.47 bits per heavy atom. The van der Waals surface area contributed by atoms with Crippen molar-refractivity contribution >= 4 is 11.6 Å². The minimum Gasteiger partial charge on any atom is -0.368 e. The lowest BCUT2D eigenvalue weighted by Crippen LogP contribution is -2.50. The molecule has 32 heavy (non-hydrogen) atoms. The van der Waals surface area contributed by atoms with Crippen LogP contribution in [0.15, 0.2) is 41.2 Å². The Hall–Kier alpha value is -3.42. The number of nitrogens with zero attached hydrogens (tertiary/aromatic N) is 6. The topological polar surface area (TPSA) is 76.3 Å². The lowest BCUT2D eigenvalue weighted by atomic mass is 10.2. The molecule has 0 unspecified atom stereocenters. The molecule has 5 rings (SSSR count). The minimum absolute atomic E-state index is 0.0157. The van der Waals surface area contributed by atoms with Gasteiger partial charge in [0.15, 0.2) is 0 Å². The molecule has 0 spiro atoms. The van der Waals surface area contributed by atoms with Crippen molar-refractivity contribution in [1.29, 1.82) is 0 Å². The Morgan fingerprint density at radius 1 is 1.03 bits per heavy atom. The number of para-hydroxylation sites is 1. The summed E-state index contributed by atoms with van der Waals surface area (Å²) >= 11 is 0. The van der Waals surface area contributed by atoms with E-state index in [-0.39, 0.29) is 18.0 Å². The average molecular weight is 433 g/mol. The standard InChI is InChI=1S/C24H28N6O2/c1-17-15-18(2)30(26-17)24-25-21-10-6-9-20(21)23(32)29(24)16-22(31)28-13-11-27(12-14-28)19-7-4-3-5-8-19/h3-5,7-8,15H,6,9-14,16H2,1-2H3. The van der Waals surface area contributed by atoms with Crippen molar-refractivity contribution in [2.45, 2.75) is 39.7 Å². The average Bonchev–Trinajstić information content (AvgIpc) is 3.42. The van der Waals surface area contributed by atoms with Crippen LogP contribution in [0.4, 0.5) is 5.69 Å². The summed E-state index contributed by atoms with van der Waals surface area (Å²) in [6, 6.07) is 12.2. The van der Waals surface area contributed by atoms with E-state index in [2.05, 4.69) is 22.1 Å². The van der Waals surface area contributed by atoms with E-state index in [1.807, 2.05) is 43.0 Å². The van der Waals surface area contributed by atoms with Gasteiger partial charge < -0.3 is 9.80 Å². The fourth-order valence-corrected chi connectivity index (χ4v) is 4.74. The number of fused-ring (bicyclic) bond motifs is 1. The van der Waals surface area contributed by atoms with E-state index in [9.17, 15) is 9.59 Å². The van der Waals surface area contributed by atoms with Crippen LogP contribution in [0.25, 0.3) is 5.95 Å². The Kier molecular flexibility index (Phi) is 5.28. The zero-order chi connectivity index (χ0) is 22.2. The highest BCUT2D eigenvalue weighted by atomic mass is 16.2. The van der Waals surface area contributed by atoms with Gasteiger partial charge in [0, 0.05) is 43.1 Å². The number of benzene rings is 1.